The summed E-state index contributed by atoms with van der Waals surface area (Å²) >= 11 is 0. The molecule has 1 heterocycles. The molecule has 0 bridgehead atoms. The lowest BCUT2D eigenvalue weighted by atomic mass is 10.2. The Labute approximate surface area is 100 Å². The van der Waals surface area contributed by atoms with Crippen LogP contribution in [0.2, 0.25) is 0 Å². The van der Waals surface area contributed by atoms with Crippen molar-refractivity contribution in [3.63, 3.8) is 0 Å². The summed E-state index contributed by atoms with van der Waals surface area (Å²) in [6.07, 6.45) is -0.571. The van der Waals surface area contributed by atoms with E-state index in [0.717, 1.165) is 0 Å². The first kappa shape index (κ1) is 13.7. The second kappa shape index (κ2) is 5.29. The van der Waals surface area contributed by atoms with Gasteiger partial charge in [-0.15, -0.1) is 0 Å². The van der Waals surface area contributed by atoms with E-state index in [1.54, 1.807) is 26.8 Å². The van der Waals surface area contributed by atoms with Crippen LogP contribution in [0.25, 0.3) is 0 Å². The number of H-pyrrole nitrogens is 1. The van der Waals surface area contributed by atoms with Crippen molar-refractivity contribution >= 4 is 5.97 Å². The third-order valence-corrected chi connectivity index (χ3v) is 1.89. The molecule has 0 saturated heterocycles. The van der Waals surface area contributed by atoms with Crippen LogP contribution in [0.5, 0.6) is 0 Å². The minimum absolute atomic E-state index is 0.203. The second-order valence-corrected chi connectivity index (χ2v) is 4.51. The van der Waals surface area contributed by atoms with Crippen LogP contribution in [0.15, 0.2) is 6.07 Å². The zero-order chi connectivity index (χ0) is 13.1. The molecular weight excluding hydrogens is 224 g/mol. The molecule has 0 spiro atoms. The van der Waals surface area contributed by atoms with Crippen molar-refractivity contribution in [1.82, 2.24) is 10.2 Å². The van der Waals surface area contributed by atoms with E-state index in [9.17, 15) is 4.79 Å². The third-order valence-electron chi connectivity index (χ3n) is 1.89. The second-order valence-electron chi connectivity index (χ2n) is 4.51. The van der Waals surface area contributed by atoms with E-state index < -0.39 is 17.9 Å². The molecule has 6 nitrogen and oxygen atoms in total. The van der Waals surface area contributed by atoms with Gasteiger partial charge in [0.1, 0.15) is 5.60 Å². The molecule has 1 aromatic heterocycles. The largest absolute Gasteiger partial charge is 0.455 e. The molecule has 1 rings (SSSR count). The normalized spacial score (nSPS) is 11.9. The molecule has 17 heavy (non-hydrogen) atoms. The van der Waals surface area contributed by atoms with Gasteiger partial charge < -0.3 is 14.2 Å². The van der Waals surface area contributed by atoms with Crippen LogP contribution < -0.4 is 0 Å². The van der Waals surface area contributed by atoms with Gasteiger partial charge in [-0.1, -0.05) is 0 Å². The maximum absolute atomic E-state index is 11.7. The topological polar surface area (TPSA) is 73.4 Å². The molecule has 0 aliphatic rings. The quantitative estimate of drug-likeness (QED) is 0.642. The molecule has 0 radical (unpaired) electrons. The van der Waals surface area contributed by atoms with Gasteiger partial charge in [0, 0.05) is 14.2 Å². The SMILES string of the molecule is COC(OC)c1cc(C(=O)OC(C)(C)C)n[nH]1. The van der Waals surface area contributed by atoms with E-state index in [1.807, 2.05) is 0 Å². The molecule has 0 aliphatic heterocycles. The van der Waals surface area contributed by atoms with Crippen molar-refractivity contribution in [3.05, 3.63) is 17.5 Å². The van der Waals surface area contributed by atoms with Gasteiger partial charge in [0.25, 0.3) is 0 Å². The van der Waals surface area contributed by atoms with Gasteiger partial charge in [0.2, 0.25) is 0 Å². The molecule has 0 amide bonds. The molecule has 1 aromatic rings. The maximum Gasteiger partial charge on any atom is 0.359 e. The van der Waals surface area contributed by atoms with Crippen LogP contribution in [-0.2, 0) is 14.2 Å². The fraction of sp³-hybridized carbons (Fsp3) is 0.636. The van der Waals surface area contributed by atoms with Crippen LogP contribution in [0.3, 0.4) is 0 Å². The Morgan fingerprint density at radius 1 is 1.35 bits per heavy atom. The minimum Gasteiger partial charge on any atom is -0.455 e. The first-order valence-electron chi connectivity index (χ1n) is 5.21. The maximum atomic E-state index is 11.7. The van der Waals surface area contributed by atoms with Gasteiger partial charge in [-0.05, 0) is 26.8 Å². The monoisotopic (exact) mass is 242 g/mol. The van der Waals surface area contributed by atoms with Gasteiger partial charge in [0.15, 0.2) is 12.0 Å². The highest BCUT2D eigenvalue weighted by Gasteiger charge is 2.22. The summed E-state index contributed by atoms with van der Waals surface area (Å²) in [5.74, 6) is -0.481. The Balaban J connectivity index is 2.77. The van der Waals surface area contributed by atoms with Crippen LogP contribution in [0.1, 0.15) is 43.2 Å². The molecule has 6 heteroatoms. The van der Waals surface area contributed by atoms with Crippen LogP contribution in [-0.4, -0.2) is 36.0 Å². The number of ether oxygens (including phenoxy) is 3. The number of nitrogens with zero attached hydrogens (tertiary/aromatic N) is 1. The standard InChI is InChI=1S/C11H18N2O4/c1-11(2,3)17-9(14)7-6-8(13-12-7)10(15-4)16-5/h6,10H,1-5H3,(H,12,13). The summed E-state index contributed by atoms with van der Waals surface area (Å²) in [5.41, 5.74) is 0.225. The van der Waals surface area contributed by atoms with E-state index in [1.165, 1.54) is 14.2 Å². The van der Waals surface area contributed by atoms with E-state index in [0.29, 0.717) is 5.69 Å². The molecule has 0 aromatic carbocycles. The van der Waals surface area contributed by atoms with Gasteiger partial charge in [-0.3, -0.25) is 5.10 Å². The van der Waals surface area contributed by atoms with Crippen molar-refractivity contribution in [2.45, 2.75) is 32.7 Å². The molecule has 0 saturated carbocycles. The van der Waals surface area contributed by atoms with Crippen molar-refractivity contribution in [2.75, 3.05) is 14.2 Å². The number of nitrogens with one attached hydrogen (secondary N) is 1. The fourth-order valence-electron chi connectivity index (χ4n) is 1.24. The molecule has 0 fully saturated rings. The van der Waals surface area contributed by atoms with Gasteiger partial charge in [0.05, 0.1) is 5.69 Å². The zero-order valence-electron chi connectivity index (χ0n) is 10.7. The number of hydrogen-bond donors (Lipinski definition) is 1. The smallest absolute Gasteiger partial charge is 0.359 e. The number of carbonyl (C=O) groups is 1. The van der Waals surface area contributed by atoms with Crippen molar-refractivity contribution in [2.24, 2.45) is 0 Å². The predicted octanol–water partition coefficient (Wildman–Crippen LogP) is 1.66. The van der Waals surface area contributed by atoms with E-state index >= 15 is 0 Å². The highest BCUT2D eigenvalue weighted by atomic mass is 16.7. The third kappa shape index (κ3) is 3.83. The van der Waals surface area contributed by atoms with Crippen molar-refractivity contribution in [3.8, 4) is 0 Å². The summed E-state index contributed by atoms with van der Waals surface area (Å²) in [7, 11) is 3.00. The average molecular weight is 242 g/mol. The summed E-state index contributed by atoms with van der Waals surface area (Å²) < 4.78 is 15.2. The molecule has 1 N–H and O–H groups in total. The Morgan fingerprint density at radius 2 is 1.94 bits per heavy atom. The molecule has 0 aliphatic carbocycles. The number of methoxy groups -OCH3 is 2. The van der Waals surface area contributed by atoms with Gasteiger partial charge in [-0.25, -0.2) is 4.79 Å². The summed E-state index contributed by atoms with van der Waals surface area (Å²) in [6.45, 7) is 5.39. The number of esters is 1. The molecular formula is C11H18N2O4. The number of carbonyl (C=O) groups excluding carboxylic acids is 1. The Morgan fingerprint density at radius 3 is 2.41 bits per heavy atom. The summed E-state index contributed by atoms with van der Waals surface area (Å²) in [6, 6.07) is 1.55. The number of hydrogen-bond acceptors (Lipinski definition) is 5. The summed E-state index contributed by atoms with van der Waals surface area (Å²) in [5, 5.41) is 6.53. The predicted molar refractivity (Wildman–Crippen MR) is 60.5 cm³/mol. The highest BCUT2D eigenvalue weighted by molar-refractivity contribution is 5.87. The minimum atomic E-state index is -0.571. The van der Waals surface area contributed by atoms with E-state index in [2.05, 4.69) is 10.2 Å². The lowest BCUT2D eigenvalue weighted by molar-refractivity contribution is -0.108. The van der Waals surface area contributed by atoms with Crippen LogP contribution in [0, 0.1) is 0 Å². The number of aromatic amines is 1. The molecule has 0 unspecified atom stereocenters. The van der Waals surface area contributed by atoms with E-state index in [4.69, 9.17) is 14.2 Å². The lowest BCUT2D eigenvalue weighted by Crippen LogP contribution is -2.24. The van der Waals surface area contributed by atoms with Gasteiger partial charge in [-0.2, -0.15) is 5.10 Å². The van der Waals surface area contributed by atoms with Crippen molar-refractivity contribution in [1.29, 1.82) is 0 Å². The Bertz CT molecular complexity index is 377. The molecule has 0 atom stereocenters. The number of rotatable bonds is 4. The zero-order valence-corrected chi connectivity index (χ0v) is 10.7. The lowest BCUT2D eigenvalue weighted by Gasteiger charge is -2.18. The van der Waals surface area contributed by atoms with Gasteiger partial charge >= 0.3 is 5.97 Å². The first-order chi connectivity index (χ1) is 7.87. The Hall–Kier alpha value is -1.40. The van der Waals surface area contributed by atoms with Crippen LogP contribution in [0.4, 0.5) is 0 Å². The fourth-order valence-corrected chi connectivity index (χ4v) is 1.24. The van der Waals surface area contributed by atoms with Crippen molar-refractivity contribution < 1.29 is 19.0 Å². The Kier molecular flexibility index (Phi) is 4.25. The van der Waals surface area contributed by atoms with Crippen LogP contribution >= 0.6 is 0 Å². The van der Waals surface area contributed by atoms with E-state index in [-0.39, 0.29) is 5.69 Å². The average Bonchev–Trinajstić information content (AvgIpc) is 2.66. The molecule has 96 valence electrons. The number of aromatic nitrogens is 2. The first-order valence-corrected chi connectivity index (χ1v) is 5.21. The highest BCUT2D eigenvalue weighted by Crippen LogP contribution is 2.17. The summed E-state index contributed by atoms with van der Waals surface area (Å²) in [4.78, 5) is 11.7.